The average Bonchev–Trinajstić information content (AvgIpc) is 3.08. The fourth-order valence-corrected chi connectivity index (χ4v) is 5.63. The molecule has 4 rings (SSSR count). The molecular weight excluding hydrogens is 579 g/mol. The highest BCUT2D eigenvalue weighted by Gasteiger charge is 2.37. The maximum Gasteiger partial charge on any atom is 0.416 e. The monoisotopic (exact) mass is 613 g/mol. The molecule has 0 aliphatic carbocycles. The minimum Gasteiger partial charge on any atom is -0.342 e. The molecular formula is C31H34F3N5O3S. The number of hydrogen-bond donors (Lipinski definition) is 4. The molecule has 5 N–H and O–H groups in total. The van der Waals surface area contributed by atoms with Crippen LogP contribution in [-0.2, 0) is 28.9 Å². The third kappa shape index (κ3) is 7.88. The van der Waals surface area contributed by atoms with Crippen molar-refractivity contribution in [3.8, 4) is 11.1 Å². The van der Waals surface area contributed by atoms with Crippen LogP contribution in [0.5, 0.6) is 0 Å². The molecule has 0 unspecified atom stereocenters. The van der Waals surface area contributed by atoms with Crippen LogP contribution in [0.1, 0.15) is 37.5 Å². The number of fused-ring (bicyclic) bond motifs is 1. The summed E-state index contributed by atoms with van der Waals surface area (Å²) in [5.74, 6) is -0.946. The lowest BCUT2D eigenvalue weighted by atomic mass is 9.98. The molecule has 1 heterocycles. The SMILES string of the molecule is CCNC(=O)NCc1ccccc1-c1ccc(CN2C(=O)[C@H](NC(=O)C(C)(C)N)CSc3cc(C(F)(F)F)ccc32)cc1. The second kappa shape index (κ2) is 13.1. The van der Waals surface area contributed by atoms with Crippen molar-refractivity contribution in [2.45, 2.75) is 56.5 Å². The van der Waals surface area contributed by atoms with Gasteiger partial charge in [0.2, 0.25) is 5.91 Å². The molecule has 0 fully saturated rings. The maximum absolute atomic E-state index is 13.8. The Kier molecular flexibility index (Phi) is 9.71. The van der Waals surface area contributed by atoms with Crippen molar-refractivity contribution in [2.24, 2.45) is 5.73 Å². The Balaban J connectivity index is 1.62. The van der Waals surface area contributed by atoms with Crippen molar-refractivity contribution < 1.29 is 27.6 Å². The van der Waals surface area contributed by atoms with Crippen LogP contribution < -0.4 is 26.6 Å². The summed E-state index contributed by atoms with van der Waals surface area (Å²) in [7, 11) is 0. The third-order valence-electron chi connectivity index (χ3n) is 6.84. The quantitative estimate of drug-likeness (QED) is 0.284. The highest BCUT2D eigenvalue weighted by Crippen LogP contribution is 2.40. The van der Waals surface area contributed by atoms with E-state index in [4.69, 9.17) is 5.73 Å². The molecule has 228 valence electrons. The van der Waals surface area contributed by atoms with Crippen molar-refractivity contribution >= 4 is 35.3 Å². The second-order valence-electron chi connectivity index (χ2n) is 10.7. The number of urea groups is 1. The van der Waals surface area contributed by atoms with Crippen LogP contribution in [-0.4, -0.2) is 41.7 Å². The summed E-state index contributed by atoms with van der Waals surface area (Å²) >= 11 is 1.08. The number of nitrogens with zero attached hydrogens (tertiary/aromatic N) is 1. The van der Waals surface area contributed by atoms with Gasteiger partial charge in [0.1, 0.15) is 6.04 Å². The number of amides is 4. The van der Waals surface area contributed by atoms with Gasteiger partial charge in [0.25, 0.3) is 5.91 Å². The first kappa shape index (κ1) is 31.9. The van der Waals surface area contributed by atoms with Gasteiger partial charge in [-0.1, -0.05) is 48.5 Å². The van der Waals surface area contributed by atoms with E-state index in [0.29, 0.717) is 18.8 Å². The van der Waals surface area contributed by atoms with Crippen LogP contribution in [0.4, 0.5) is 23.7 Å². The van der Waals surface area contributed by atoms with E-state index >= 15 is 0 Å². The van der Waals surface area contributed by atoms with E-state index in [-0.39, 0.29) is 23.2 Å². The van der Waals surface area contributed by atoms with Gasteiger partial charge in [0, 0.05) is 23.7 Å². The maximum atomic E-state index is 13.8. The molecule has 0 saturated heterocycles. The summed E-state index contributed by atoms with van der Waals surface area (Å²) in [6, 6.07) is 17.1. The molecule has 1 aliphatic rings. The molecule has 0 spiro atoms. The summed E-state index contributed by atoms with van der Waals surface area (Å²) in [5.41, 5.74) is 7.64. The first-order valence-corrected chi connectivity index (χ1v) is 14.7. The van der Waals surface area contributed by atoms with E-state index in [1.54, 1.807) is 0 Å². The number of nitrogens with one attached hydrogen (secondary N) is 3. The lowest BCUT2D eigenvalue weighted by Crippen LogP contribution is -2.56. The minimum atomic E-state index is -4.55. The predicted octanol–water partition coefficient (Wildman–Crippen LogP) is 5.05. The number of thioether (sulfide) groups is 1. The van der Waals surface area contributed by atoms with Crippen molar-refractivity contribution in [3.05, 3.63) is 83.4 Å². The van der Waals surface area contributed by atoms with E-state index in [1.807, 2.05) is 55.5 Å². The van der Waals surface area contributed by atoms with E-state index in [2.05, 4.69) is 16.0 Å². The number of rotatable bonds is 8. The molecule has 43 heavy (non-hydrogen) atoms. The number of nitrogens with two attached hydrogens (primary N) is 1. The van der Waals surface area contributed by atoms with Gasteiger partial charge in [-0.15, -0.1) is 11.8 Å². The standard InChI is InChI=1S/C31H34F3N5O3S/c1-4-36-29(42)37-16-21-7-5-6-8-23(21)20-11-9-19(10-12-20)17-39-25-14-13-22(31(32,33)34)15-26(25)43-18-24(27(39)40)38-28(41)30(2,3)35/h5-15,24H,4,16-18,35H2,1-3H3,(H,38,41)(H2,36,37,42)/t24-/m1/s1. The van der Waals surface area contributed by atoms with Crippen molar-refractivity contribution in [2.75, 3.05) is 17.2 Å². The number of carbonyl (C=O) groups excluding carboxylic acids is 3. The second-order valence-corrected chi connectivity index (χ2v) is 11.8. The predicted molar refractivity (Wildman–Crippen MR) is 161 cm³/mol. The Hall–Kier alpha value is -4.03. The van der Waals surface area contributed by atoms with Crippen LogP contribution in [0.25, 0.3) is 11.1 Å². The van der Waals surface area contributed by atoms with E-state index in [9.17, 15) is 27.6 Å². The largest absolute Gasteiger partial charge is 0.416 e. The van der Waals surface area contributed by atoms with Gasteiger partial charge < -0.3 is 26.6 Å². The van der Waals surface area contributed by atoms with E-state index < -0.39 is 35.1 Å². The Morgan fingerprint density at radius 2 is 1.72 bits per heavy atom. The molecule has 8 nitrogen and oxygen atoms in total. The topological polar surface area (TPSA) is 117 Å². The minimum absolute atomic E-state index is 0.0471. The van der Waals surface area contributed by atoms with Crippen LogP contribution in [0.3, 0.4) is 0 Å². The smallest absolute Gasteiger partial charge is 0.342 e. The molecule has 3 aromatic rings. The van der Waals surface area contributed by atoms with Crippen molar-refractivity contribution in [1.29, 1.82) is 0 Å². The Morgan fingerprint density at radius 1 is 1.02 bits per heavy atom. The number of carbonyl (C=O) groups is 3. The Bertz CT molecular complexity index is 1490. The first-order valence-electron chi connectivity index (χ1n) is 13.7. The van der Waals surface area contributed by atoms with Gasteiger partial charge in [-0.25, -0.2) is 4.79 Å². The molecule has 12 heteroatoms. The van der Waals surface area contributed by atoms with Gasteiger partial charge in [0.05, 0.1) is 23.3 Å². The zero-order valence-corrected chi connectivity index (χ0v) is 24.9. The third-order valence-corrected chi connectivity index (χ3v) is 7.98. The Morgan fingerprint density at radius 3 is 2.37 bits per heavy atom. The fraction of sp³-hybridized carbons (Fsp3) is 0.323. The summed E-state index contributed by atoms with van der Waals surface area (Å²) in [6.45, 7) is 5.76. The highest BCUT2D eigenvalue weighted by atomic mass is 32.2. The lowest BCUT2D eigenvalue weighted by molar-refractivity contribution is -0.137. The van der Waals surface area contributed by atoms with Gasteiger partial charge in [-0.05, 0) is 61.2 Å². The number of anilines is 1. The zero-order chi connectivity index (χ0) is 31.4. The molecule has 4 amide bonds. The molecule has 1 aliphatic heterocycles. The number of hydrogen-bond acceptors (Lipinski definition) is 5. The summed E-state index contributed by atoms with van der Waals surface area (Å²) < 4.78 is 40.5. The molecule has 0 bridgehead atoms. The molecule has 0 saturated carbocycles. The molecule has 1 atom stereocenters. The van der Waals surface area contributed by atoms with Crippen LogP contribution in [0.15, 0.2) is 71.6 Å². The van der Waals surface area contributed by atoms with Crippen LogP contribution >= 0.6 is 11.8 Å². The lowest BCUT2D eigenvalue weighted by Gasteiger charge is -2.28. The average molecular weight is 614 g/mol. The van der Waals surface area contributed by atoms with E-state index in [1.165, 1.54) is 24.8 Å². The summed E-state index contributed by atoms with van der Waals surface area (Å²) in [4.78, 5) is 40.0. The first-order chi connectivity index (χ1) is 20.3. The van der Waals surface area contributed by atoms with Gasteiger partial charge in [-0.2, -0.15) is 13.2 Å². The normalized spacial score (nSPS) is 15.4. The van der Waals surface area contributed by atoms with Crippen molar-refractivity contribution in [1.82, 2.24) is 16.0 Å². The van der Waals surface area contributed by atoms with Gasteiger partial charge in [0.15, 0.2) is 0 Å². The van der Waals surface area contributed by atoms with Gasteiger partial charge in [-0.3, -0.25) is 9.59 Å². The molecule has 3 aromatic carbocycles. The number of halogens is 3. The summed E-state index contributed by atoms with van der Waals surface area (Å²) in [6.07, 6.45) is -4.55. The van der Waals surface area contributed by atoms with Gasteiger partial charge >= 0.3 is 12.2 Å². The van der Waals surface area contributed by atoms with Crippen LogP contribution in [0.2, 0.25) is 0 Å². The van der Waals surface area contributed by atoms with Crippen LogP contribution in [0, 0.1) is 0 Å². The number of benzene rings is 3. The zero-order valence-electron chi connectivity index (χ0n) is 24.0. The van der Waals surface area contributed by atoms with Crippen molar-refractivity contribution in [3.63, 3.8) is 0 Å². The molecule has 0 aromatic heterocycles. The number of alkyl halides is 3. The summed E-state index contributed by atoms with van der Waals surface area (Å²) in [5, 5.41) is 8.21. The van der Waals surface area contributed by atoms with E-state index in [0.717, 1.165) is 46.1 Å². The Labute approximate surface area is 252 Å². The fourth-order valence-electron chi connectivity index (χ4n) is 4.52. The molecule has 0 radical (unpaired) electrons. The highest BCUT2D eigenvalue weighted by molar-refractivity contribution is 7.99.